The van der Waals surface area contributed by atoms with Crippen LogP contribution in [0.4, 0.5) is 5.95 Å². The van der Waals surface area contributed by atoms with Crippen LogP contribution in [-0.4, -0.2) is 29.2 Å². The predicted molar refractivity (Wildman–Crippen MR) is 84.3 cm³/mol. The highest BCUT2D eigenvalue weighted by atomic mass is 16.3. The SMILES string of the molecule is Cc1nc(N(C)C)nc(CC(C)(C)CC(C)(C)C)c1O. The molecule has 1 rings (SSSR count). The molecule has 4 heteroatoms. The van der Waals surface area contributed by atoms with Crippen molar-refractivity contribution >= 4 is 5.95 Å². The quantitative estimate of drug-likeness (QED) is 0.915. The average Bonchev–Trinajstić information content (AvgIpc) is 2.20. The summed E-state index contributed by atoms with van der Waals surface area (Å²) >= 11 is 0. The first kappa shape index (κ1) is 16.7. The van der Waals surface area contributed by atoms with E-state index in [4.69, 9.17) is 0 Å². The number of rotatable bonds is 4. The van der Waals surface area contributed by atoms with E-state index < -0.39 is 0 Å². The molecule has 20 heavy (non-hydrogen) atoms. The molecule has 0 unspecified atom stereocenters. The van der Waals surface area contributed by atoms with E-state index in [1.54, 1.807) is 0 Å². The van der Waals surface area contributed by atoms with Crippen LogP contribution < -0.4 is 4.90 Å². The zero-order valence-corrected chi connectivity index (χ0v) is 14.2. The molecule has 0 aliphatic heterocycles. The highest BCUT2D eigenvalue weighted by Crippen LogP contribution is 2.37. The lowest BCUT2D eigenvalue weighted by molar-refractivity contribution is 0.208. The molecule has 0 saturated carbocycles. The molecule has 1 aromatic heterocycles. The molecule has 0 radical (unpaired) electrons. The Balaban J connectivity index is 3.08. The van der Waals surface area contributed by atoms with Crippen LogP contribution in [0.1, 0.15) is 52.4 Å². The maximum atomic E-state index is 10.2. The van der Waals surface area contributed by atoms with Crippen molar-refractivity contribution < 1.29 is 5.11 Å². The summed E-state index contributed by atoms with van der Waals surface area (Å²) in [5.41, 5.74) is 1.73. The van der Waals surface area contributed by atoms with Crippen molar-refractivity contribution in [3.63, 3.8) is 0 Å². The molecule has 0 amide bonds. The van der Waals surface area contributed by atoms with Gasteiger partial charge in [0.15, 0.2) is 5.75 Å². The zero-order valence-electron chi connectivity index (χ0n) is 14.2. The number of aryl methyl sites for hydroxylation is 1. The second kappa shape index (κ2) is 5.58. The van der Waals surface area contributed by atoms with Crippen LogP contribution in [-0.2, 0) is 6.42 Å². The summed E-state index contributed by atoms with van der Waals surface area (Å²) in [6.07, 6.45) is 1.82. The summed E-state index contributed by atoms with van der Waals surface area (Å²) in [4.78, 5) is 10.7. The second-order valence-corrected chi connectivity index (χ2v) is 7.88. The Kier molecular flexibility index (Phi) is 4.67. The van der Waals surface area contributed by atoms with Crippen LogP contribution in [0, 0.1) is 17.8 Å². The van der Waals surface area contributed by atoms with Gasteiger partial charge in [-0.3, -0.25) is 0 Å². The third kappa shape index (κ3) is 4.66. The Morgan fingerprint density at radius 3 is 2.05 bits per heavy atom. The van der Waals surface area contributed by atoms with Gasteiger partial charge < -0.3 is 10.0 Å². The van der Waals surface area contributed by atoms with Gasteiger partial charge in [0.05, 0.1) is 11.4 Å². The van der Waals surface area contributed by atoms with Gasteiger partial charge in [0, 0.05) is 14.1 Å². The van der Waals surface area contributed by atoms with E-state index in [1.165, 1.54) is 0 Å². The monoisotopic (exact) mass is 279 g/mol. The van der Waals surface area contributed by atoms with Crippen molar-refractivity contribution in [1.82, 2.24) is 9.97 Å². The zero-order chi connectivity index (χ0) is 15.7. The van der Waals surface area contributed by atoms with Gasteiger partial charge in [0.25, 0.3) is 0 Å². The Morgan fingerprint density at radius 2 is 1.60 bits per heavy atom. The van der Waals surface area contributed by atoms with Gasteiger partial charge >= 0.3 is 0 Å². The standard InChI is InChI=1S/C16H29N3O/c1-11-13(20)12(18-14(17-11)19(7)8)9-16(5,6)10-15(2,3)4/h20H,9-10H2,1-8H3. The van der Waals surface area contributed by atoms with Crippen LogP contribution in [0.15, 0.2) is 0 Å². The van der Waals surface area contributed by atoms with Gasteiger partial charge in [-0.25, -0.2) is 9.97 Å². The fourth-order valence-corrected chi connectivity index (χ4v) is 2.89. The van der Waals surface area contributed by atoms with E-state index in [0.717, 1.165) is 18.5 Å². The molecule has 0 bridgehead atoms. The molecule has 0 atom stereocenters. The normalized spacial score (nSPS) is 12.6. The number of anilines is 1. The van der Waals surface area contributed by atoms with Crippen LogP contribution in [0.2, 0.25) is 0 Å². The van der Waals surface area contributed by atoms with Crippen LogP contribution in [0.3, 0.4) is 0 Å². The van der Waals surface area contributed by atoms with E-state index in [9.17, 15) is 5.11 Å². The van der Waals surface area contributed by atoms with Gasteiger partial charge in [0.2, 0.25) is 5.95 Å². The van der Waals surface area contributed by atoms with Crippen LogP contribution in [0.25, 0.3) is 0 Å². The molecule has 4 nitrogen and oxygen atoms in total. The van der Waals surface area contributed by atoms with Crippen molar-refractivity contribution in [1.29, 1.82) is 0 Å². The fourth-order valence-electron chi connectivity index (χ4n) is 2.89. The Bertz CT molecular complexity index is 473. The van der Waals surface area contributed by atoms with Crippen molar-refractivity contribution in [3.8, 4) is 5.75 Å². The Morgan fingerprint density at radius 1 is 1.05 bits per heavy atom. The highest BCUT2D eigenvalue weighted by molar-refractivity contribution is 5.39. The number of nitrogens with zero attached hydrogens (tertiary/aromatic N) is 3. The van der Waals surface area contributed by atoms with Crippen molar-refractivity contribution in [2.75, 3.05) is 19.0 Å². The molecule has 0 aromatic carbocycles. The Labute approximate surface area is 123 Å². The van der Waals surface area contributed by atoms with Crippen molar-refractivity contribution in [2.24, 2.45) is 10.8 Å². The smallest absolute Gasteiger partial charge is 0.225 e. The van der Waals surface area contributed by atoms with Crippen LogP contribution in [0.5, 0.6) is 5.75 Å². The number of aromatic hydroxyl groups is 1. The topological polar surface area (TPSA) is 49.2 Å². The third-order valence-corrected chi connectivity index (χ3v) is 3.17. The number of hydrogen-bond acceptors (Lipinski definition) is 4. The van der Waals surface area contributed by atoms with Crippen LogP contribution >= 0.6 is 0 Å². The first-order valence-electron chi connectivity index (χ1n) is 7.15. The van der Waals surface area contributed by atoms with Gasteiger partial charge in [-0.05, 0) is 30.6 Å². The molecule has 0 aliphatic rings. The molecule has 0 saturated heterocycles. The molecule has 0 spiro atoms. The largest absolute Gasteiger partial charge is 0.504 e. The van der Waals surface area contributed by atoms with E-state index in [-0.39, 0.29) is 16.6 Å². The first-order valence-corrected chi connectivity index (χ1v) is 7.15. The maximum Gasteiger partial charge on any atom is 0.225 e. The molecule has 114 valence electrons. The van der Waals surface area contributed by atoms with Gasteiger partial charge in [-0.15, -0.1) is 0 Å². The minimum atomic E-state index is 0.0834. The first-order chi connectivity index (χ1) is 8.91. The lowest BCUT2D eigenvalue weighted by Crippen LogP contribution is -2.24. The minimum Gasteiger partial charge on any atom is -0.504 e. The molecule has 0 fully saturated rings. The third-order valence-electron chi connectivity index (χ3n) is 3.17. The summed E-state index contributed by atoms with van der Waals surface area (Å²) in [5.74, 6) is 0.888. The lowest BCUT2D eigenvalue weighted by atomic mass is 9.74. The van der Waals surface area contributed by atoms with Crippen molar-refractivity contribution in [3.05, 3.63) is 11.4 Å². The summed E-state index contributed by atoms with van der Waals surface area (Å²) in [6, 6.07) is 0. The van der Waals surface area contributed by atoms with Gasteiger partial charge in [0.1, 0.15) is 0 Å². The minimum absolute atomic E-state index is 0.0834. The molecule has 1 N–H and O–H groups in total. The van der Waals surface area contributed by atoms with E-state index in [1.807, 2.05) is 25.9 Å². The highest BCUT2D eigenvalue weighted by Gasteiger charge is 2.28. The molecule has 1 aromatic rings. The van der Waals surface area contributed by atoms with Gasteiger partial charge in [-0.2, -0.15) is 0 Å². The lowest BCUT2D eigenvalue weighted by Gasteiger charge is -2.32. The van der Waals surface area contributed by atoms with E-state index in [0.29, 0.717) is 11.6 Å². The van der Waals surface area contributed by atoms with E-state index in [2.05, 4.69) is 44.6 Å². The number of hydrogen-bond donors (Lipinski definition) is 1. The molecular formula is C16H29N3O. The van der Waals surface area contributed by atoms with Crippen molar-refractivity contribution in [2.45, 2.75) is 54.4 Å². The molecular weight excluding hydrogens is 250 g/mol. The molecule has 1 heterocycles. The average molecular weight is 279 g/mol. The number of aromatic nitrogens is 2. The summed E-state index contributed by atoms with van der Waals surface area (Å²) < 4.78 is 0. The molecule has 0 aliphatic carbocycles. The summed E-state index contributed by atoms with van der Waals surface area (Å²) in [5, 5.41) is 10.2. The predicted octanol–water partition coefficient (Wildman–Crippen LogP) is 3.56. The Hall–Kier alpha value is -1.32. The van der Waals surface area contributed by atoms with Gasteiger partial charge in [-0.1, -0.05) is 34.6 Å². The fraction of sp³-hybridized carbons (Fsp3) is 0.750. The maximum absolute atomic E-state index is 10.2. The summed E-state index contributed by atoms with van der Waals surface area (Å²) in [6.45, 7) is 13.0. The second-order valence-electron chi connectivity index (χ2n) is 7.88. The van der Waals surface area contributed by atoms with E-state index >= 15 is 0 Å². The summed E-state index contributed by atoms with van der Waals surface area (Å²) in [7, 11) is 3.83.